The largest absolute Gasteiger partial charge is 0.342 e. The van der Waals surface area contributed by atoms with Crippen LogP contribution in [0.25, 0.3) is 10.9 Å². The fourth-order valence-corrected chi connectivity index (χ4v) is 4.56. The third-order valence-corrected chi connectivity index (χ3v) is 6.64. The first kappa shape index (κ1) is 24.6. The molecule has 9 heteroatoms. The van der Waals surface area contributed by atoms with Gasteiger partial charge < -0.3 is 16.0 Å². The Morgan fingerprint density at radius 1 is 1.11 bits per heavy atom. The molecule has 1 heterocycles. The smallest absolute Gasteiger partial charge is 0.318 e. The van der Waals surface area contributed by atoms with E-state index in [1.54, 1.807) is 10.7 Å². The van der Waals surface area contributed by atoms with Gasteiger partial charge in [0.15, 0.2) is 5.69 Å². The Morgan fingerprint density at radius 2 is 1.83 bits per heavy atom. The van der Waals surface area contributed by atoms with E-state index in [9.17, 15) is 18.4 Å². The molecule has 4 rings (SSSR count). The van der Waals surface area contributed by atoms with Crippen molar-refractivity contribution in [1.82, 2.24) is 20.4 Å². The molecule has 0 bridgehead atoms. The van der Waals surface area contributed by atoms with Gasteiger partial charge in [-0.1, -0.05) is 30.3 Å². The molecule has 186 valence electrons. The quantitative estimate of drug-likeness (QED) is 0.446. The van der Waals surface area contributed by atoms with E-state index in [1.165, 1.54) is 7.05 Å². The van der Waals surface area contributed by atoms with E-state index in [4.69, 9.17) is 0 Å². The highest BCUT2D eigenvalue weighted by atomic mass is 19.3. The van der Waals surface area contributed by atoms with Gasteiger partial charge in [-0.15, -0.1) is 0 Å². The SMILES string of the molecule is CNC(=O)Nc1cccc(C(C)(C)NC(=O)c2nn(CC3CCC(F)(F)CC3)c3ccccc23)c1. The summed E-state index contributed by atoms with van der Waals surface area (Å²) in [5.74, 6) is -2.81. The number of nitrogens with zero attached hydrogens (tertiary/aromatic N) is 2. The molecule has 35 heavy (non-hydrogen) atoms. The monoisotopic (exact) mass is 483 g/mol. The molecule has 1 aliphatic carbocycles. The Morgan fingerprint density at radius 3 is 2.54 bits per heavy atom. The van der Waals surface area contributed by atoms with Gasteiger partial charge in [0.2, 0.25) is 5.92 Å². The van der Waals surface area contributed by atoms with Crippen molar-refractivity contribution in [1.29, 1.82) is 0 Å². The zero-order valence-electron chi connectivity index (χ0n) is 20.2. The first-order chi connectivity index (χ1) is 16.6. The van der Waals surface area contributed by atoms with Gasteiger partial charge >= 0.3 is 6.03 Å². The van der Waals surface area contributed by atoms with E-state index in [0.29, 0.717) is 30.8 Å². The Kier molecular flexibility index (Phi) is 6.78. The van der Waals surface area contributed by atoms with Gasteiger partial charge in [-0.2, -0.15) is 5.10 Å². The summed E-state index contributed by atoms with van der Waals surface area (Å²) in [5.41, 5.74) is 1.78. The predicted molar refractivity (Wildman–Crippen MR) is 132 cm³/mol. The summed E-state index contributed by atoms with van der Waals surface area (Å²) in [4.78, 5) is 25.0. The minimum atomic E-state index is -2.58. The number of aromatic nitrogens is 2. The Labute approximate surface area is 203 Å². The standard InChI is InChI=1S/C26H31F2N5O2/c1-25(2,18-7-6-8-19(15-18)30-24(35)29-3)31-23(34)22-20-9-4-5-10-21(20)33(32-22)16-17-11-13-26(27,28)14-12-17/h4-10,15,17H,11-14,16H2,1-3H3,(H,31,34)(H2,29,30,35). The highest BCUT2D eigenvalue weighted by Gasteiger charge is 2.35. The Bertz CT molecular complexity index is 1230. The highest BCUT2D eigenvalue weighted by molar-refractivity contribution is 6.05. The minimum Gasteiger partial charge on any atom is -0.342 e. The van der Waals surface area contributed by atoms with Gasteiger partial charge in [0.05, 0.1) is 11.1 Å². The first-order valence-electron chi connectivity index (χ1n) is 11.8. The maximum atomic E-state index is 13.6. The summed E-state index contributed by atoms with van der Waals surface area (Å²) in [6.07, 6.45) is 0.671. The van der Waals surface area contributed by atoms with Crippen LogP contribution in [0.1, 0.15) is 55.6 Å². The molecule has 0 saturated heterocycles. The average Bonchev–Trinajstić information content (AvgIpc) is 3.19. The molecule has 3 amide bonds. The van der Waals surface area contributed by atoms with E-state index in [2.05, 4.69) is 21.0 Å². The van der Waals surface area contributed by atoms with E-state index >= 15 is 0 Å². The van der Waals surface area contributed by atoms with Crippen LogP contribution in [0.2, 0.25) is 0 Å². The van der Waals surface area contributed by atoms with Crippen molar-refractivity contribution >= 4 is 28.5 Å². The zero-order chi connectivity index (χ0) is 25.2. The first-order valence-corrected chi connectivity index (χ1v) is 11.8. The molecule has 0 spiro atoms. The van der Waals surface area contributed by atoms with Crippen LogP contribution in [0.5, 0.6) is 0 Å². The number of urea groups is 1. The lowest BCUT2D eigenvalue weighted by Crippen LogP contribution is -2.41. The summed E-state index contributed by atoms with van der Waals surface area (Å²) in [6.45, 7) is 4.26. The number of halogens is 2. The van der Waals surface area contributed by atoms with Crippen molar-refractivity contribution in [3.05, 3.63) is 59.8 Å². The topological polar surface area (TPSA) is 88.1 Å². The van der Waals surface area contributed by atoms with Crippen molar-refractivity contribution in [3.8, 4) is 0 Å². The number of alkyl halides is 2. The lowest BCUT2D eigenvalue weighted by atomic mass is 9.87. The normalized spacial score (nSPS) is 16.1. The van der Waals surface area contributed by atoms with Crippen LogP contribution >= 0.6 is 0 Å². The third-order valence-electron chi connectivity index (χ3n) is 6.64. The van der Waals surface area contributed by atoms with Crippen LogP contribution in [-0.2, 0) is 12.1 Å². The van der Waals surface area contributed by atoms with Crippen LogP contribution in [-0.4, -0.2) is 34.7 Å². The van der Waals surface area contributed by atoms with Crippen molar-refractivity contribution in [2.45, 2.75) is 57.5 Å². The molecule has 3 N–H and O–H groups in total. The molecule has 1 fully saturated rings. The van der Waals surface area contributed by atoms with Crippen LogP contribution in [0, 0.1) is 5.92 Å². The number of rotatable bonds is 6. The van der Waals surface area contributed by atoms with E-state index < -0.39 is 11.5 Å². The molecule has 0 unspecified atom stereocenters. The molecule has 0 atom stereocenters. The molecule has 1 aliphatic rings. The second-order valence-electron chi connectivity index (χ2n) is 9.71. The Hall–Kier alpha value is -3.49. The van der Waals surface area contributed by atoms with E-state index in [-0.39, 0.29) is 30.7 Å². The fraction of sp³-hybridized carbons (Fsp3) is 0.423. The van der Waals surface area contributed by atoms with Crippen molar-refractivity contribution in [2.24, 2.45) is 5.92 Å². The Balaban J connectivity index is 1.55. The number of para-hydroxylation sites is 1. The van der Waals surface area contributed by atoms with Crippen LogP contribution in [0.3, 0.4) is 0 Å². The van der Waals surface area contributed by atoms with Gasteiger partial charge in [-0.05, 0) is 56.4 Å². The molecular formula is C26H31F2N5O2. The summed E-state index contributed by atoms with van der Waals surface area (Å²) in [7, 11) is 1.54. The molecular weight excluding hydrogens is 452 g/mol. The highest BCUT2D eigenvalue weighted by Crippen LogP contribution is 2.37. The van der Waals surface area contributed by atoms with Gasteiger partial charge in [0, 0.05) is 37.5 Å². The second kappa shape index (κ2) is 9.64. The van der Waals surface area contributed by atoms with E-state index in [1.807, 2.05) is 56.3 Å². The minimum absolute atomic E-state index is 0.0980. The number of hydrogen-bond donors (Lipinski definition) is 3. The number of fused-ring (bicyclic) bond motifs is 1. The number of carbonyl (C=O) groups is 2. The van der Waals surface area contributed by atoms with Crippen LogP contribution < -0.4 is 16.0 Å². The van der Waals surface area contributed by atoms with Crippen molar-refractivity contribution in [2.75, 3.05) is 12.4 Å². The summed E-state index contributed by atoms with van der Waals surface area (Å²) in [6, 6.07) is 14.4. The van der Waals surface area contributed by atoms with Crippen molar-refractivity contribution in [3.63, 3.8) is 0 Å². The van der Waals surface area contributed by atoms with Gasteiger partial charge in [-0.3, -0.25) is 9.48 Å². The summed E-state index contributed by atoms with van der Waals surface area (Å²) >= 11 is 0. The van der Waals surface area contributed by atoms with Gasteiger partial charge in [-0.25, -0.2) is 13.6 Å². The number of carbonyl (C=O) groups excluding carboxylic acids is 2. The molecule has 7 nitrogen and oxygen atoms in total. The van der Waals surface area contributed by atoms with E-state index in [0.717, 1.165) is 16.5 Å². The maximum absolute atomic E-state index is 13.6. The molecule has 1 aromatic heterocycles. The van der Waals surface area contributed by atoms with Gasteiger partial charge in [0.1, 0.15) is 0 Å². The molecule has 0 aliphatic heterocycles. The summed E-state index contributed by atoms with van der Waals surface area (Å²) in [5, 5.41) is 13.6. The third kappa shape index (κ3) is 5.61. The van der Waals surface area contributed by atoms with Gasteiger partial charge in [0.25, 0.3) is 5.91 Å². The lowest BCUT2D eigenvalue weighted by Gasteiger charge is -2.28. The maximum Gasteiger partial charge on any atom is 0.318 e. The van der Waals surface area contributed by atoms with Crippen LogP contribution in [0.4, 0.5) is 19.3 Å². The van der Waals surface area contributed by atoms with Crippen molar-refractivity contribution < 1.29 is 18.4 Å². The number of amides is 3. The van der Waals surface area contributed by atoms with Crippen LogP contribution in [0.15, 0.2) is 48.5 Å². The zero-order valence-corrected chi connectivity index (χ0v) is 20.2. The number of nitrogens with one attached hydrogen (secondary N) is 3. The number of hydrogen-bond acceptors (Lipinski definition) is 3. The summed E-state index contributed by atoms with van der Waals surface area (Å²) < 4.78 is 28.9. The number of benzene rings is 2. The fourth-order valence-electron chi connectivity index (χ4n) is 4.56. The predicted octanol–water partition coefficient (Wildman–Crippen LogP) is 5.28. The lowest BCUT2D eigenvalue weighted by molar-refractivity contribution is -0.0475. The average molecular weight is 484 g/mol. The second-order valence-corrected chi connectivity index (χ2v) is 9.71. The number of anilines is 1. The molecule has 2 aromatic carbocycles. The molecule has 3 aromatic rings. The molecule has 0 radical (unpaired) electrons. The molecule has 1 saturated carbocycles.